The summed E-state index contributed by atoms with van der Waals surface area (Å²) in [5.74, 6) is -0.602. The summed E-state index contributed by atoms with van der Waals surface area (Å²) in [6.45, 7) is 4.10. The number of rotatable bonds is 37. The lowest BCUT2D eigenvalue weighted by atomic mass is 10.1. The van der Waals surface area contributed by atoms with Crippen LogP contribution >= 0.6 is 0 Å². The summed E-state index contributed by atoms with van der Waals surface area (Å²) in [7, 11) is 0. The minimum absolute atomic E-state index is 0.0705. The summed E-state index contributed by atoms with van der Waals surface area (Å²) in [4.78, 5) is 24.3. The Balaban J connectivity index is 3.55. The first-order chi connectivity index (χ1) is 23.6. The fourth-order valence-electron chi connectivity index (χ4n) is 5.75. The molecule has 0 radical (unpaired) electrons. The monoisotopic (exact) mass is 675 g/mol. The van der Waals surface area contributed by atoms with Gasteiger partial charge in [0, 0.05) is 12.8 Å². The minimum Gasteiger partial charge on any atom is -0.462 e. The number of aliphatic hydroxyl groups is 1. The number of carbonyl (C=O) groups is 2. The van der Waals surface area contributed by atoms with Crippen molar-refractivity contribution in [2.45, 2.75) is 213 Å². The van der Waals surface area contributed by atoms with Gasteiger partial charge in [-0.25, -0.2) is 0 Å². The smallest absolute Gasteiger partial charge is 0.306 e. The second-order valence-corrected chi connectivity index (χ2v) is 13.7. The van der Waals surface area contributed by atoms with Gasteiger partial charge in [-0.2, -0.15) is 0 Å². The number of carbonyl (C=O) groups excluding carboxylic acids is 2. The van der Waals surface area contributed by atoms with E-state index in [4.69, 9.17) is 9.47 Å². The number of allylic oxidation sites excluding steroid dienone is 6. The van der Waals surface area contributed by atoms with E-state index in [1.807, 2.05) is 0 Å². The predicted molar refractivity (Wildman–Crippen MR) is 205 cm³/mol. The van der Waals surface area contributed by atoms with Crippen LogP contribution in [0.4, 0.5) is 0 Å². The molecule has 0 rings (SSSR count). The average Bonchev–Trinajstić information content (AvgIpc) is 3.09. The molecule has 0 unspecified atom stereocenters. The van der Waals surface area contributed by atoms with Crippen molar-refractivity contribution in [1.82, 2.24) is 0 Å². The quantitative estimate of drug-likeness (QED) is 0.0403. The average molecular weight is 675 g/mol. The maximum atomic E-state index is 12.2. The molecular formula is C43H78O5. The molecule has 280 valence electrons. The third-order valence-corrected chi connectivity index (χ3v) is 8.91. The van der Waals surface area contributed by atoms with Crippen molar-refractivity contribution in [2.24, 2.45) is 0 Å². The van der Waals surface area contributed by atoms with Gasteiger partial charge in [-0.3, -0.25) is 9.59 Å². The van der Waals surface area contributed by atoms with Gasteiger partial charge >= 0.3 is 11.9 Å². The Labute approximate surface area is 297 Å². The van der Waals surface area contributed by atoms with E-state index in [0.29, 0.717) is 12.8 Å². The van der Waals surface area contributed by atoms with Crippen LogP contribution in [-0.2, 0) is 19.1 Å². The van der Waals surface area contributed by atoms with Gasteiger partial charge in [-0.05, 0) is 70.6 Å². The van der Waals surface area contributed by atoms with E-state index < -0.39 is 6.10 Å². The number of hydrogen-bond donors (Lipinski definition) is 1. The van der Waals surface area contributed by atoms with E-state index in [2.05, 4.69) is 50.3 Å². The third kappa shape index (κ3) is 36.9. The molecule has 0 aromatic carbocycles. The minimum atomic E-state index is -0.775. The van der Waals surface area contributed by atoms with Crippen molar-refractivity contribution in [3.63, 3.8) is 0 Å². The molecule has 0 aliphatic carbocycles. The second-order valence-electron chi connectivity index (χ2n) is 13.7. The van der Waals surface area contributed by atoms with Crippen molar-refractivity contribution in [3.05, 3.63) is 36.5 Å². The fourth-order valence-corrected chi connectivity index (χ4v) is 5.75. The molecule has 5 heteroatoms. The predicted octanol–water partition coefficient (Wildman–Crippen LogP) is 12.8. The Kier molecular flexibility index (Phi) is 38.0. The van der Waals surface area contributed by atoms with Crippen LogP contribution in [0.5, 0.6) is 0 Å². The van der Waals surface area contributed by atoms with Gasteiger partial charge in [-0.1, -0.05) is 159 Å². The summed E-state index contributed by atoms with van der Waals surface area (Å²) in [6, 6.07) is 0. The van der Waals surface area contributed by atoms with E-state index in [1.165, 1.54) is 128 Å². The molecule has 0 bridgehead atoms. The first-order valence-electron chi connectivity index (χ1n) is 20.5. The lowest BCUT2D eigenvalue weighted by molar-refractivity contribution is -0.161. The Morgan fingerprint density at radius 3 is 1.29 bits per heavy atom. The highest BCUT2D eigenvalue weighted by atomic mass is 16.6. The molecule has 5 nitrogen and oxygen atoms in total. The van der Waals surface area contributed by atoms with Crippen LogP contribution in [0.1, 0.15) is 206 Å². The van der Waals surface area contributed by atoms with E-state index in [-0.39, 0.29) is 25.2 Å². The van der Waals surface area contributed by atoms with Gasteiger partial charge in [0.1, 0.15) is 6.61 Å². The van der Waals surface area contributed by atoms with Crippen molar-refractivity contribution in [3.8, 4) is 0 Å². The zero-order valence-electron chi connectivity index (χ0n) is 31.7. The van der Waals surface area contributed by atoms with E-state index in [9.17, 15) is 14.7 Å². The van der Waals surface area contributed by atoms with Crippen molar-refractivity contribution >= 4 is 11.9 Å². The molecule has 0 fully saturated rings. The van der Waals surface area contributed by atoms with Gasteiger partial charge in [0.25, 0.3) is 0 Å². The number of ether oxygens (including phenoxy) is 2. The SMILES string of the molecule is CCCCCC=CCC=CCCCCCCCCCCCC(=O)O[C@@H](CO)COC(=O)CCCCCCCC=CCCCCCCCC. The van der Waals surface area contributed by atoms with Gasteiger partial charge in [0.05, 0.1) is 6.61 Å². The Morgan fingerprint density at radius 2 is 0.833 bits per heavy atom. The molecule has 0 aliphatic heterocycles. The second kappa shape index (κ2) is 39.6. The number of unbranched alkanes of at least 4 members (excludes halogenated alkanes) is 23. The van der Waals surface area contributed by atoms with Crippen LogP contribution < -0.4 is 0 Å². The maximum Gasteiger partial charge on any atom is 0.306 e. The molecule has 1 N–H and O–H groups in total. The lowest BCUT2D eigenvalue weighted by Crippen LogP contribution is -2.28. The summed E-state index contributed by atoms with van der Waals surface area (Å²) >= 11 is 0. The van der Waals surface area contributed by atoms with E-state index in [0.717, 1.165) is 51.4 Å². The molecule has 0 aliphatic rings. The van der Waals surface area contributed by atoms with Crippen LogP contribution in [0.15, 0.2) is 36.5 Å². The molecule has 0 amide bonds. The van der Waals surface area contributed by atoms with Crippen molar-refractivity contribution < 1.29 is 24.2 Å². The highest BCUT2D eigenvalue weighted by molar-refractivity contribution is 5.70. The molecular weight excluding hydrogens is 596 g/mol. The van der Waals surface area contributed by atoms with E-state index in [1.54, 1.807) is 0 Å². The highest BCUT2D eigenvalue weighted by Gasteiger charge is 2.16. The molecule has 1 atom stereocenters. The van der Waals surface area contributed by atoms with Crippen LogP contribution in [0, 0.1) is 0 Å². The van der Waals surface area contributed by atoms with Gasteiger partial charge in [0.15, 0.2) is 6.10 Å². The summed E-state index contributed by atoms with van der Waals surface area (Å²) in [6.07, 6.45) is 47.7. The first kappa shape index (κ1) is 46.1. The van der Waals surface area contributed by atoms with Gasteiger partial charge in [0.2, 0.25) is 0 Å². The number of aliphatic hydroxyl groups excluding tert-OH is 1. The highest BCUT2D eigenvalue weighted by Crippen LogP contribution is 2.13. The van der Waals surface area contributed by atoms with Gasteiger partial charge < -0.3 is 14.6 Å². The summed E-state index contributed by atoms with van der Waals surface area (Å²) in [5.41, 5.74) is 0. The molecule has 0 saturated heterocycles. The third-order valence-electron chi connectivity index (χ3n) is 8.91. The Morgan fingerprint density at radius 1 is 0.479 bits per heavy atom. The number of hydrogen-bond acceptors (Lipinski definition) is 5. The van der Waals surface area contributed by atoms with Crippen LogP contribution in [0.3, 0.4) is 0 Å². The van der Waals surface area contributed by atoms with E-state index >= 15 is 0 Å². The normalized spacial score (nSPS) is 12.5. The van der Waals surface area contributed by atoms with Crippen LogP contribution in [0.25, 0.3) is 0 Å². The fraction of sp³-hybridized carbons (Fsp3) is 0.814. The zero-order chi connectivity index (χ0) is 35.0. The summed E-state index contributed by atoms with van der Waals surface area (Å²) < 4.78 is 10.6. The van der Waals surface area contributed by atoms with Crippen LogP contribution in [-0.4, -0.2) is 36.4 Å². The molecule has 0 aromatic rings. The maximum absolute atomic E-state index is 12.2. The molecule has 0 saturated carbocycles. The standard InChI is InChI=1S/C43H78O5/c1-3-5-7-9-11-13-15-17-19-20-21-22-24-26-28-30-32-34-36-38-43(46)48-41(39-44)40-47-42(45)37-35-33-31-29-27-25-23-18-16-14-12-10-8-6-4-2/h11,13,17-19,23,41,44H,3-10,12,14-16,20-22,24-40H2,1-2H3/t41-/m0/s1. The number of esters is 2. The largest absolute Gasteiger partial charge is 0.462 e. The lowest BCUT2D eigenvalue weighted by Gasteiger charge is -2.15. The Hall–Kier alpha value is -1.88. The zero-order valence-corrected chi connectivity index (χ0v) is 31.7. The van der Waals surface area contributed by atoms with Crippen molar-refractivity contribution in [1.29, 1.82) is 0 Å². The molecule has 0 spiro atoms. The molecule has 0 aromatic heterocycles. The van der Waals surface area contributed by atoms with Crippen LogP contribution in [0.2, 0.25) is 0 Å². The Bertz CT molecular complexity index is 771. The van der Waals surface area contributed by atoms with Gasteiger partial charge in [-0.15, -0.1) is 0 Å². The molecule has 0 heterocycles. The molecule has 48 heavy (non-hydrogen) atoms. The topological polar surface area (TPSA) is 72.8 Å². The van der Waals surface area contributed by atoms with Crippen molar-refractivity contribution in [2.75, 3.05) is 13.2 Å². The summed E-state index contributed by atoms with van der Waals surface area (Å²) in [5, 5.41) is 9.56. The first-order valence-corrected chi connectivity index (χ1v) is 20.5.